The maximum absolute atomic E-state index is 11.7. The maximum atomic E-state index is 11.7. The molecular formula is C10H21N3O. The van der Waals surface area contributed by atoms with Crippen molar-refractivity contribution in [3.05, 3.63) is 0 Å². The highest BCUT2D eigenvalue weighted by atomic mass is 16.1. The highest BCUT2D eigenvalue weighted by Crippen LogP contribution is 2.15. The maximum Gasteiger partial charge on any atom is 0.223 e. The van der Waals surface area contributed by atoms with E-state index in [0.717, 1.165) is 32.4 Å². The third kappa shape index (κ3) is 3.27. The molecule has 14 heavy (non-hydrogen) atoms. The molecule has 0 spiro atoms. The Hall–Kier alpha value is -0.610. The molecule has 1 atom stereocenters. The smallest absolute Gasteiger partial charge is 0.223 e. The van der Waals surface area contributed by atoms with E-state index in [4.69, 9.17) is 5.84 Å². The average molecular weight is 199 g/mol. The molecule has 0 aromatic carbocycles. The number of carbonyl (C=O) groups excluding carboxylic acids is 1. The number of nitrogens with two attached hydrogens (primary N) is 1. The topological polar surface area (TPSA) is 58.4 Å². The number of nitrogens with zero attached hydrogens (tertiary/aromatic N) is 1. The summed E-state index contributed by atoms with van der Waals surface area (Å²) in [6, 6.07) is 0.290. The van der Waals surface area contributed by atoms with Crippen molar-refractivity contribution in [2.24, 2.45) is 11.8 Å². The van der Waals surface area contributed by atoms with Crippen LogP contribution in [0.4, 0.5) is 0 Å². The van der Waals surface area contributed by atoms with E-state index in [1.54, 1.807) is 5.01 Å². The zero-order chi connectivity index (χ0) is 10.6. The van der Waals surface area contributed by atoms with Crippen LogP contribution in [0.2, 0.25) is 0 Å². The average Bonchev–Trinajstić information content (AvgIpc) is 2.18. The lowest BCUT2D eigenvalue weighted by Crippen LogP contribution is -2.45. The first-order chi connectivity index (χ1) is 6.63. The molecule has 0 saturated carbocycles. The van der Waals surface area contributed by atoms with Gasteiger partial charge in [-0.3, -0.25) is 10.6 Å². The van der Waals surface area contributed by atoms with Crippen molar-refractivity contribution in [2.45, 2.75) is 39.2 Å². The van der Waals surface area contributed by atoms with Gasteiger partial charge in [-0.15, -0.1) is 0 Å². The molecule has 1 fully saturated rings. The fourth-order valence-corrected chi connectivity index (χ4v) is 1.62. The SMILES string of the molecule is CCC(C)NC(=O)C1CCN(N)CC1. The van der Waals surface area contributed by atoms with E-state index in [2.05, 4.69) is 12.2 Å². The number of hydrogen-bond acceptors (Lipinski definition) is 3. The van der Waals surface area contributed by atoms with E-state index in [-0.39, 0.29) is 11.8 Å². The predicted molar refractivity (Wildman–Crippen MR) is 56.4 cm³/mol. The normalized spacial score (nSPS) is 21.9. The Bertz CT molecular complexity index is 188. The lowest BCUT2D eigenvalue weighted by molar-refractivity contribution is -0.127. The Morgan fingerprint density at radius 2 is 2.14 bits per heavy atom. The molecule has 0 radical (unpaired) electrons. The fraction of sp³-hybridized carbons (Fsp3) is 0.900. The number of rotatable bonds is 3. The van der Waals surface area contributed by atoms with E-state index in [1.165, 1.54) is 0 Å². The summed E-state index contributed by atoms with van der Waals surface area (Å²) in [5.41, 5.74) is 0. The van der Waals surface area contributed by atoms with Crippen molar-refractivity contribution in [3.8, 4) is 0 Å². The highest BCUT2D eigenvalue weighted by Gasteiger charge is 2.23. The van der Waals surface area contributed by atoms with Crippen molar-refractivity contribution < 1.29 is 4.79 Å². The summed E-state index contributed by atoms with van der Waals surface area (Å²) in [7, 11) is 0. The van der Waals surface area contributed by atoms with E-state index < -0.39 is 0 Å². The molecule has 1 saturated heterocycles. The summed E-state index contributed by atoms with van der Waals surface area (Å²) in [4.78, 5) is 11.7. The minimum absolute atomic E-state index is 0.170. The van der Waals surface area contributed by atoms with Crippen molar-refractivity contribution in [2.75, 3.05) is 13.1 Å². The molecule has 0 bridgehead atoms. The van der Waals surface area contributed by atoms with Gasteiger partial charge in [-0.05, 0) is 26.2 Å². The number of amides is 1. The van der Waals surface area contributed by atoms with Crippen LogP contribution in [0.1, 0.15) is 33.1 Å². The van der Waals surface area contributed by atoms with E-state index in [0.29, 0.717) is 6.04 Å². The van der Waals surface area contributed by atoms with Crippen molar-refractivity contribution in [1.82, 2.24) is 10.3 Å². The minimum Gasteiger partial charge on any atom is -0.353 e. The van der Waals surface area contributed by atoms with Gasteiger partial charge >= 0.3 is 0 Å². The van der Waals surface area contributed by atoms with E-state index in [9.17, 15) is 4.79 Å². The highest BCUT2D eigenvalue weighted by molar-refractivity contribution is 5.79. The van der Waals surface area contributed by atoms with Gasteiger partial charge in [0.25, 0.3) is 0 Å². The summed E-state index contributed by atoms with van der Waals surface area (Å²) in [6.07, 6.45) is 2.76. The zero-order valence-corrected chi connectivity index (χ0v) is 9.12. The Balaban J connectivity index is 2.30. The summed E-state index contributed by atoms with van der Waals surface area (Å²) >= 11 is 0. The Morgan fingerprint density at radius 1 is 1.57 bits per heavy atom. The summed E-state index contributed by atoms with van der Waals surface area (Å²) in [5, 5.41) is 4.80. The number of piperidine rings is 1. The first kappa shape index (κ1) is 11.5. The largest absolute Gasteiger partial charge is 0.353 e. The van der Waals surface area contributed by atoms with Gasteiger partial charge in [0.15, 0.2) is 0 Å². The number of carbonyl (C=O) groups is 1. The minimum atomic E-state index is 0.170. The van der Waals surface area contributed by atoms with Crippen LogP contribution in [-0.2, 0) is 4.79 Å². The monoisotopic (exact) mass is 199 g/mol. The molecule has 0 aromatic rings. The molecule has 82 valence electrons. The molecule has 0 aliphatic carbocycles. The van der Waals surface area contributed by atoms with Crippen LogP contribution in [-0.4, -0.2) is 30.0 Å². The second-order valence-corrected chi connectivity index (χ2v) is 4.13. The third-order valence-electron chi connectivity index (χ3n) is 2.90. The van der Waals surface area contributed by atoms with Gasteiger partial charge in [0.05, 0.1) is 0 Å². The summed E-state index contributed by atoms with van der Waals surface area (Å²) in [5.74, 6) is 6.00. The lowest BCUT2D eigenvalue weighted by Gasteiger charge is -2.28. The molecule has 1 aliphatic heterocycles. The molecule has 1 aliphatic rings. The second-order valence-electron chi connectivity index (χ2n) is 4.13. The molecule has 1 amide bonds. The standard InChI is InChI=1S/C10H21N3O/c1-3-8(2)12-10(14)9-4-6-13(11)7-5-9/h8-9H,3-7,11H2,1-2H3,(H,12,14). The molecule has 4 heteroatoms. The predicted octanol–water partition coefficient (Wildman–Crippen LogP) is 0.487. The Labute approximate surface area is 85.8 Å². The van der Waals surface area contributed by atoms with Gasteiger partial charge in [-0.2, -0.15) is 0 Å². The summed E-state index contributed by atoms with van der Waals surface area (Å²) in [6.45, 7) is 5.78. The van der Waals surface area contributed by atoms with Gasteiger partial charge < -0.3 is 5.32 Å². The molecule has 1 unspecified atom stereocenters. The number of nitrogens with one attached hydrogen (secondary N) is 1. The van der Waals surface area contributed by atoms with Gasteiger partial charge in [0.2, 0.25) is 5.91 Å². The fourth-order valence-electron chi connectivity index (χ4n) is 1.62. The van der Waals surface area contributed by atoms with Gasteiger partial charge in [-0.25, -0.2) is 5.01 Å². The molecule has 4 nitrogen and oxygen atoms in total. The molecule has 3 N–H and O–H groups in total. The number of hydrogen-bond donors (Lipinski definition) is 2. The summed E-state index contributed by atoms with van der Waals surface area (Å²) < 4.78 is 0. The molecule has 1 heterocycles. The van der Waals surface area contributed by atoms with Crippen LogP contribution in [0.25, 0.3) is 0 Å². The lowest BCUT2D eigenvalue weighted by atomic mass is 9.96. The molecular weight excluding hydrogens is 178 g/mol. The quantitative estimate of drug-likeness (QED) is 0.650. The Morgan fingerprint density at radius 3 is 2.64 bits per heavy atom. The number of hydrazine groups is 1. The molecule has 1 rings (SSSR count). The van der Waals surface area contributed by atoms with Gasteiger partial charge in [0.1, 0.15) is 0 Å². The van der Waals surface area contributed by atoms with Crippen LogP contribution in [0.15, 0.2) is 0 Å². The van der Waals surface area contributed by atoms with Crippen LogP contribution in [0, 0.1) is 5.92 Å². The van der Waals surface area contributed by atoms with Crippen molar-refractivity contribution in [1.29, 1.82) is 0 Å². The van der Waals surface area contributed by atoms with Crippen molar-refractivity contribution in [3.63, 3.8) is 0 Å². The van der Waals surface area contributed by atoms with Gasteiger partial charge in [0, 0.05) is 25.0 Å². The van der Waals surface area contributed by atoms with Crippen molar-refractivity contribution >= 4 is 5.91 Å². The van der Waals surface area contributed by atoms with Crippen LogP contribution in [0.5, 0.6) is 0 Å². The third-order valence-corrected chi connectivity index (χ3v) is 2.90. The van der Waals surface area contributed by atoms with Crippen LogP contribution >= 0.6 is 0 Å². The second kappa shape index (κ2) is 5.32. The first-order valence-electron chi connectivity index (χ1n) is 5.43. The Kier molecular flexibility index (Phi) is 4.35. The van der Waals surface area contributed by atoms with Crippen LogP contribution < -0.4 is 11.2 Å². The van der Waals surface area contributed by atoms with Crippen LogP contribution in [0.3, 0.4) is 0 Å². The first-order valence-corrected chi connectivity index (χ1v) is 5.43. The zero-order valence-electron chi connectivity index (χ0n) is 9.12. The van der Waals surface area contributed by atoms with E-state index in [1.807, 2.05) is 6.92 Å². The van der Waals surface area contributed by atoms with Gasteiger partial charge in [-0.1, -0.05) is 6.92 Å². The van der Waals surface area contributed by atoms with E-state index >= 15 is 0 Å². The molecule has 0 aromatic heterocycles.